The molecule has 2 aromatic rings. The lowest BCUT2D eigenvalue weighted by Crippen LogP contribution is -2.22. The number of rotatable bonds is 3. The number of hydrogen-bond donors (Lipinski definition) is 1. The zero-order valence-electron chi connectivity index (χ0n) is 12.7. The van der Waals surface area contributed by atoms with Crippen molar-refractivity contribution in [2.75, 3.05) is 14.1 Å². The first-order valence-electron chi connectivity index (χ1n) is 6.36. The topological polar surface area (TPSA) is 71.5 Å². The first-order valence-corrected chi connectivity index (χ1v) is 10.6. The molecule has 0 bridgehead atoms. The number of thiol groups is 1. The van der Waals surface area contributed by atoms with Crippen molar-refractivity contribution in [1.29, 1.82) is 0 Å². The van der Waals surface area contributed by atoms with Crippen LogP contribution in [0.3, 0.4) is 0 Å². The summed E-state index contributed by atoms with van der Waals surface area (Å²) in [6, 6.07) is 11.0. The summed E-state index contributed by atoms with van der Waals surface area (Å²) in [6.45, 7) is 0. The molecule has 0 aliphatic heterocycles. The van der Waals surface area contributed by atoms with Crippen molar-refractivity contribution in [2.45, 2.75) is 14.7 Å². The predicted molar refractivity (Wildman–Crippen MR) is 94.0 cm³/mol. The van der Waals surface area contributed by atoms with Gasteiger partial charge in [-0.05, 0) is 36.4 Å². The van der Waals surface area contributed by atoms with Crippen molar-refractivity contribution in [2.24, 2.45) is 0 Å². The lowest BCUT2D eigenvalue weighted by molar-refractivity contribution is 0.520. The zero-order valence-corrected chi connectivity index (χ0v) is 16.0. The highest BCUT2D eigenvalue weighted by molar-refractivity contribution is 8.13. The third kappa shape index (κ3) is 6.06. The fourth-order valence-corrected chi connectivity index (χ4v) is 3.52. The van der Waals surface area contributed by atoms with Crippen molar-refractivity contribution < 1.29 is 21.2 Å². The quantitative estimate of drug-likeness (QED) is 0.622. The molecule has 0 amide bonds. The molecule has 0 aromatic heterocycles. The minimum absolute atomic E-state index is 0.223. The molecule has 132 valence electrons. The molecule has 5 nitrogen and oxygen atoms in total. The van der Waals surface area contributed by atoms with E-state index in [1.165, 1.54) is 36.6 Å². The monoisotopic (exact) mass is 411 g/mol. The highest BCUT2D eigenvalue weighted by Crippen LogP contribution is 2.16. The third-order valence-electron chi connectivity index (χ3n) is 2.67. The number of hydrogen-bond acceptors (Lipinski definition) is 5. The van der Waals surface area contributed by atoms with Gasteiger partial charge >= 0.3 is 0 Å². The molecule has 0 N–H and O–H groups in total. The summed E-state index contributed by atoms with van der Waals surface area (Å²) in [4.78, 5) is 0.687. The molecule has 0 atom stereocenters. The van der Waals surface area contributed by atoms with Crippen LogP contribution in [-0.4, -0.2) is 35.2 Å². The van der Waals surface area contributed by atoms with Crippen LogP contribution in [0.1, 0.15) is 0 Å². The van der Waals surface area contributed by atoms with Crippen LogP contribution >= 0.6 is 23.3 Å². The molecule has 0 radical (unpaired) electrons. The van der Waals surface area contributed by atoms with Crippen molar-refractivity contribution in [1.82, 2.24) is 4.31 Å². The molecule has 0 saturated heterocycles. The molecule has 0 fully saturated rings. The van der Waals surface area contributed by atoms with Gasteiger partial charge in [-0.25, -0.2) is 25.5 Å². The average Bonchev–Trinajstić information content (AvgIpc) is 2.47. The van der Waals surface area contributed by atoms with Crippen molar-refractivity contribution >= 4 is 42.4 Å². The maximum atomic E-state index is 12.4. The summed E-state index contributed by atoms with van der Waals surface area (Å²) in [5.74, 6) is -0.619. The summed E-state index contributed by atoms with van der Waals surface area (Å²) < 4.78 is 57.9. The van der Waals surface area contributed by atoms with E-state index in [0.29, 0.717) is 4.90 Å². The van der Waals surface area contributed by atoms with E-state index in [1.807, 2.05) is 0 Å². The van der Waals surface area contributed by atoms with Gasteiger partial charge in [0.15, 0.2) is 0 Å². The highest BCUT2D eigenvalue weighted by Gasteiger charge is 2.16. The van der Waals surface area contributed by atoms with E-state index in [2.05, 4.69) is 12.6 Å². The van der Waals surface area contributed by atoms with Crippen LogP contribution in [0, 0.1) is 5.82 Å². The number of nitrogens with zero attached hydrogens (tertiary/aromatic N) is 1. The lowest BCUT2D eigenvalue weighted by Gasteiger charge is -2.10. The Kier molecular flexibility index (Phi) is 7.24. The molecule has 0 heterocycles. The second-order valence-corrected chi connectivity index (χ2v) is 9.91. The molecular formula is C14H15ClFNO4S3. The summed E-state index contributed by atoms with van der Waals surface area (Å²) in [5, 5.41) is 0. The average molecular weight is 412 g/mol. The third-order valence-corrected chi connectivity index (χ3v) is 6.11. The van der Waals surface area contributed by atoms with E-state index in [9.17, 15) is 21.2 Å². The number of benzene rings is 2. The van der Waals surface area contributed by atoms with Gasteiger partial charge in [0.05, 0.1) is 9.79 Å². The molecule has 2 aromatic carbocycles. The highest BCUT2D eigenvalue weighted by atomic mass is 35.7. The normalized spacial score (nSPS) is 11.8. The van der Waals surface area contributed by atoms with Gasteiger partial charge in [-0.15, -0.1) is 12.6 Å². The zero-order chi connectivity index (χ0) is 18.5. The van der Waals surface area contributed by atoms with E-state index in [0.717, 1.165) is 12.1 Å². The van der Waals surface area contributed by atoms with Gasteiger partial charge in [0.25, 0.3) is 9.05 Å². The second kappa shape index (κ2) is 8.30. The summed E-state index contributed by atoms with van der Waals surface area (Å²) in [6.07, 6.45) is 0. The predicted octanol–water partition coefficient (Wildman–Crippen LogP) is 2.98. The maximum absolute atomic E-state index is 12.4. The Hall–Kier alpha value is -1.13. The Morgan fingerprint density at radius 3 is 1.92 bits per heavy atom. The van der Waals surface area contributed by atoms with Crippen molar-refractivity contribution in [3.63, 3.8) is 0 Å². The van der Waals surface area contributed by atoms with Gasteiger partial charge in [-0.2, -0.15) is 0 Å². The first-order chi connectivity index (χ1) is 10.9. The molecule has 0 unspecified atom stereocenters. The smallest absolute Gasteiger partial charge is 0.207 e. The maximum Gasteiger partial charge on any atom is 0.261 e. The van der Waals surface area contributed by atoms with Gasteiger partial charge in [-0.3, -0.25) is 0 Å². The molecule has 0 aliphatic rings. The largest absolute Gasteiger partial charge is 0.261 e. The Labute approximate surface area is 150 Å². The number of halogens is 2. The van der Waals surface area contributed by atoms with Gasteiger partial charge < -0.3 is 0 Å². The fourth-order valence-electron chi connectivity index (χ4n) is 1.47. The Morgan fingerprint density at radius 2 is 1.50 bits per heavy atom. The van der Waals surface area contributed by atoms with Gasteiger partial charge in [-0.1, -0.05) is 12.1 Å². The Morgan fingerprint density at radius 1 is 0.958 bits per heavy atom. The molecule has 24 heavy (non-hydrogen) atoms. The molecule has 0 spiro atoms. The minimum Gasteiger partial charge on any atom is -0.207 e. The van der Waals surface area contributed by atoms with Crippen LogP contribution in [0.15, 0.2) is 63.2 Å². The van der Waals surface area contributed by atoms with E-state index in [4.69, 9.17) is 10.7 Å². The Balaban J connectivity index is 0.000000243. The van der Waals surface area contributed by atoms with Crippen molar-refractivity contribution in [3.8, 4) is 0 Å². The van der Waals surface area contributed by atoms with Crippen LogP contribution in [-0.2, 0) is 19.1 Å². The standard InChI is InChI=1S/C8H11NO2S2.C6H4ClFO2S/c1-9(2)13(10,11)8-5-3-4-7(12)6-8;7-11(9,10)6-3-1-2-5(8)4-6/h3-6,12H,1-2H3;1-4H. The summed E-state index contributed by atoms with van der Waals surface area (Å²) >= 11 is 4.07. The first kappa shape index (κ1) is 20.9. The van der Waals surface area contributed by atoms with Gasteiger partial charge in [0.1, 0.15) is 5.82 Å². The van der Waals surface area contributed by atoms with E-state index >= 15 is 0 Å². The summed E-state index contributed by atoms with van der Waals surface area (Å²) in [7, 11) is 0.829. The summed E-state index contributed by atoms with van der Waals surface area (Å²) in [5.41, 5.74) is 0. The van der Waals surface area contributed by atoms with Crippen LogP contribution in [0.2, 0.25) is 0 Å². The van der Waals surface area contributed by atoms with E-state index < -0.39 is 24.9 Å². The van der Waals surface area contributed by atoms with E-state index in [-0.39, 0.29) is 9.79 Å². The molecule has 10 heteroatoms. The molecule has 0 saturated carbocycles. The van der Waals surface area contributed by atoms with Crippen LogP contribution in [0.5, 0.6) is 0 Å². The van der Waals surface area contributed by atoms with Gasteiger partial charge in [0, 0.05) is 29.7 Å². The van der Waals surface area contributed by atoms with Crippen LogP contribution < -0.4 is 0 Å². The van der Waals surface area contributed by atoms with Crippen molar-refractivity contribution in [3.05, 3.63) is 54.3 Å². The molecule has 2 rings (SSSR count). The van der Waals surface area contributed by atoms with Gasteiger partial charge in [0.2, 0.25) is 10.0 Å². The molecular weight excluding hydrogens is 397 g/mol. The Bertz CT molecular complexity index is 915. The molecule has 0 aliphatic carbocycles. The van der Waals surface area contributed by atoms with Crippen LogP contribution in [0.4, 0.5) is 4.39 Å². The minimum atomic E-state index is -3.79. The van der Waals surface area contributed by atoms with E-state index in [1.54, 1.807) is 18.2 Å². The number of sulfonamides is 1. The van der Waals surface area contributed by atoms with Crippen LogP contribution in [0.25, 0.3) is 0 Å². The lowest BCUT2D eigenvalue weighted by atomic mass is 10.4. The second-order valence-electron chi connectivity index (χ2n) is 4.68. The fraction of sp³-hybridized carbons (Fsp3) is 0.143. The SMILES string of the molecule is CN(C)S(=O)(=O)c1cccc(S)c1.O=S(=O)(Cl)c1cccc(F)c1.